The molecule has 0 aliphatic carbocycles. The maximum absolute atomic E-state index is 12.2. The summed E-state index contributed by atoms with van der Waals surface area (Å²) in [5, 5.41) is 11.6. The molecule has 0 bridgehead atoms. The van der Waals surface area contributed by atoms with E-state index in [1.165, 1.54) is 0 Å². The van der Waals surface area contributed by atoms with Crippen LogP contribution in [0.25, 0.3) is 11.3 Å². The third-order valence-corrected chi connectivity index (χ3v) is 3.42. The van der Waals surface area contributed by atoms with Gasteiger partial charge in [0.2, 0.25) is 5.95 Å². The summed E-state index contributed by atoms with van der Waals surface area (Å²) in [7, 11) is 1.58. The van der Waals surface area contributed by atoms with Crippen molar-refractivity contribution in [3.8, 4) is 17.0 Å². The third-order valence-electron chi connectivity index (χ3n) is 3.17. The quantitative estimate of drug-likeness (QED) is 0.768. The lowest BCUT2D eigenvalue weighted by Gasteiger charge is -2.06. The number of benzene rings is 2. The largest absolute Gasteiger partial charge is 0.497 e. The molecule has 0 amide bonds. The summed E-state index contributed by atoms with van der Waals surface area (Å²) >= 11 is 5.83. The van der Waals surface area contributed by atoms with E-state index in [4.69, 9.17) is 16.3 Å². The van der Waals surface area contributed by atoms with E-state index < -0.39 is 0 Å². The second-order valence-corrected chi connectivity index (χ2v) is 5.15. The van der Waals surface area contributed by atoms with Crippen LogP contribution in [-0.4, -0.2) is 22.3 Å². The fraction of sp³-hybridized carbons (Fsp3) is 0.0625. The van der Waals surface area contributed by atoms with Gasteiger partial charge in [0.25, 0.3) is 5.56 Å². The van der Waals surface area contributed by atoms with Gasteiger partial charge >= 0.3 is 0 Å². The molecule has 0 saturated carbocycles. The Morgan fingerprint density at radius 2 is 1.74 bits per heavy atom. The molecule has 0 unspecified atom stereocenters. The predicted molar refractivity (Wildman–Crippen MR) is 89.4 cm³/mol. The highest BCUT2D eigenvalue weighted by Crippen LogP contribution is 2.19. The number of aromatic amines is 1. The smallest absolute Gasteiger partial charge is 0.279 e. The van der Waals surface area contributed by atoms with Crippen LogP contribution in [0.4, 0.5) is 11.6 Å². The van der Waals surface area contributed by atoms with Crippen molar-refractivity contribution < 1.29 is 4.74 Å². The third kappa shape index (κ3) is 3.49. The summed E-state index contributed by atoms with van der Waals surface area (Å²) < 4.78 is 5.09. The van der Waals surface area contributed by atoms with Gasteiger partial charge in [-0.2, -0.15) is 0 Å². The number of hydrogen-bond donors (Lipinski definition) is 2. The Kier molecular flexibility index (Phi) is 4.25. The molecule has 1 heterocycles. The number of hydrogen-bond acceptors (Lipinski definition) is 5. The lowest BCUT2D eigenvalue weighted by Crippen LogP contribution is -2.15. The molecule has 6 nitrogen and oxygen atoms in total. The highest BCUT2D eigenvalue weighted by Gasteiger charge is 2.08. The van der Waals surface area contributed by atoms with Crippen LogP contribution in [0.3, 0.4) is 0 Å². The van der Waals surface area contributed by atoms with Gasteiger partial charge in [-0.15, -0.1) is 10.2 Å². The van der Waals surface area contributed by atoms with Gasteiger partial charge in [0, 0.05) is 16.3 Å². The maximum Gasteiger partial charge on any atom is 0.279 e. The van der Waals surface area contributed by atoms with Crippen molar-refractivity contribution in [1.82, 2.24) is 15.2 Å². The Morgan fingerprint density at radius 3 is 2.35 bits per heavy atom. The molecule has 1 aromatic heterocycles. The molecule has 0 spiro atoms. The van der Waals surface area contributed by atoms with E-state index in [1.54, 1.807) is 55.6 Å². The number of ether oxygens (including phenoxy) is 1. The number of nitrogens with one attached hydrogen (secondary N) is 2. The number of methoxy groups -OCH3 is 1. The first-order valence-corrected chi connectivity index (χ1v) is 7.17. The summed E-state index contributed by atoms with van der Waals surface area (Å²) in [5.41, 5.74) is 1.32. The molecule has 2 N–H and O–H groups in total. The molecule has 0 saturated heterocycles. The lowest BCUT2D eigenvalue weighted by atomic mass is 10.1. The van der Waals surface area contributed by atoms with Crippen LogP contribution in [0, 0.1) is 0 Å². The molecule has 0 atom stereocenters. The second kappa shape index (κ2) is 6.50. The first-order valence-electron chi connectivity index (χ1n) is 6.80. The molecule has 3 aromatic rings. The van der Waals surface area contributed by atoms with E-state index in [-0.39, 0.29) is 17.2 Å². The molecule has 3 rings (SSSR count). The summed E-state index contributed by atoms with van der Waals surface area (Å²) in [4.78, 5) is 14.9. The fourth-order valence-electron chi connectivity index (χ4n) is 2.00. The van der Waals surface area contributed by atoms with Crippen molar-refractivity contribution in [2.45, 2.75) is 0 Å². The normalized spacial score (nSPS) is 10.3. The average molecular weight is 329 g/mol. The van der Waals surface area contributed by atoms with Crippen LogP contribution in [0.1, 0.15) is 0 Å². The molecule has 0 aliphatic heterocycles. The van der Waals surface area contributed by atoms with E-state index in [1.807, 2.05) is 0 Å². The number of anilines is 2. The number of aromatic nitrogens is 3. The van der Waals surface area contributed by atoms with Crippen molar-refractivity contribution in [1.29, 1.82) is 0 Å². The second-order valence-electron chi connectivity index (χ2n) is 4.71. The van der Waals surface area contributed by atoms with Gasteiger partial charge < -0.3 is 10.1 Å². The van der Waals surface area contributed by atoms with Crippen LogP contribution < -0.4 is 15.6 Å². The fourth-order valence-corrected chi connectivity index (χ4v) is 2.13. The molecule has 23 heavy (non-hydrogen) atoms. The summed E-state index contributed by atoms with van der Waals surface area (Å²) in [5.74, 6) is 0.966. The monoisotopic (exact) mass is 328 g/mol. The number of rotatable bonds is 4. The van der Waals surface area contributed by atoms with E-state index in [2.05, 4.69) is 20.5 Å². The minimum absolute atomic E-state index is 0.245. The van der Waals surface area contributed by atoms with Gasteiger partial charge in [-0.25, -0.2) is 0 Å². The molecule has 0 radical (unpaired) electrons. The van der Waals surface area contributed by atoms with Crippen LogP contribution in [0.15, 0.2) is 53.3 Å². The zero-order chi connectivity index (χ0) is 16.2. The number of nitrogens with zero attached hydrogens (tertiary/aromatic N) is 2. The van der Waals surface area contributed by atoms with E-state index in [0.29, 0.717) is 16.3 Å². The Labute approximate surface area is 137 Å². The van der Waals surface area contributed by atoms with Gasteiger partial charge in [0.05, 0.1) is 7.11 Å². The predicted octanol–water partition coefficient (Wildman–Crippen LogP) is 3.24. The summed E-state index contributed by atoms with van der Waals surface area (Å²) in [6.07, 6.45) is 0. The van der Waals surface area contributed by atoms with Crippen molar-refractivity contribution >= 4 is 23.2 Å². The Bertz CT molecular complexity index is 860. The SMILES string of the molecule is COc1ccc(-c2nnc(Nc3ccc(Cl)cc3)[nH]c2=O)cc1. The van der Waals surface area contributed by atoms with Crippen LogP contribution in [0.2, 0.25) is 5.02 Å². The molecule has 116 valence electrons. The van der Waals surface area contributed by atoms with Crippen molar-refractivity contribution in [2.75, 3.05) is 12.4 Å². The minimum atomic E-state index is -0.332. The van der Waals surface area contributed by atoms with E-state index in [0.717, 1.165) is 5.69 Å². The molecule has 7 heteroatoms. The van der Waals surface area contributed by atoms with Gasteiger partial charge in [-0.3, -0.25) is 9.78 Å². The Morgan fingerprint density at radius 1 is 1.04 bits per heavy atom. The van der Waals surface area contributed by atoms with Crippen molar-refractivity contribution in [3.05, 3.63) is 63.9 Å². The van der Waals surface area contributed by atoms with Gasteiger partial charge in [0.15, 0.2) is 5.69 Å². The molecule has 0 aliphatic rings. The summed E-state index contributed by atoms with van der Waals surface area (Å²) in [6, 6.07) is 14.1. The first-order chi connectivity index (χ1) is 11.2. The highest BCUT2D eigenvalue weighted by molar-refractivity contribution is 6.30. The van der Waals surface area contributed by atoms with Crippen molar-refractivity contribution in [3.63, 3.8) is 0 Å². The highest BCUT2D eigenvalue weighted by atomic mass is 35.5. The lowest BCUT2D eigenvalue weighted by molar-refractivity contribution is 0.415. The summed E-state index contributed by atoms with van der Waals surface area (Å²) in [6.45, 7) is 0. The minimum Gasteiger partial charge on any atom is -0.497 e. The van der Waals surface area contributed by atoms with E-state index >= 15 is 0 Å². The molecule has 2 aromatic carbocycles. The molecular weight excluding hydrogens is 316 g/mol. The molecular formula is C16H13ClN4O2. The molecule has 0 fully saturated rings. The number of halogens is 1. The van der Waals surface area contributed by atoms with E-state index in [9.17, 15) is 4.79 Å². The topological polar surface area (TPSA) is 79.9 Å². The zero-order valence-corrected chi connectivity index (χ0v) is 13.0. The van der Waals surface area contributed by atoms with Crippen LogP contribution >= 0.6 is 11.6 Å². The van der Waals surface area contributed by atoms with Gasteiger partial charge in [0.1, 0.15) is 5.75 Å². The zero-order valence-electron chi connectivity index (χ0n) is 12.2. The first kappa shape index (κ1) is 15.1. The maximum atomic E-state index is 12.2. The standard InChI is InChI=1S/C16H13ClN4O2/c1-23-13-8-2-10(3-9-13)14-15(22)19-16(21-20-14)18-12-6-4-11(17)5-7-12/h2-9H,1H3,(H2,18,19,21,22). The van der Waals surface area contributed by atoms with Gasteiger partial charge in [-0.05, 0) is 48.5 Å². The number of H-pyrrole nitrogens is 1. The Hall–Kier alpha value is -2.86. The van der Waals surface area contributed by atoms with Gasteiger partial charge in [-0.1, -0.05) is 11.6 Å². The Balaban J connectivity index is 1.85. The van der Waals surface area contributed by atoms with Crippen molar-refractivity contribution in [2.24, 2.45) is 0 Å². The van der Waals surface area contributed by atoms with Crippen LogP contribution in [0.5, 0.6) is 5.75 Å². The van der Waals surface area contributed by atoms with Crippen LogP contribution in [-0.2, 0) is 0 Å². The average Bonchev–Trinajstić information content (AvgIpc) is 2.57.